The number of carbonyl (C=O) groups is 3. The molecule has 0 aromatic heterocycles. The Morgan fingerprint density at radius 1 is 0.659 bits per heavy atom. The molecule has 3 aliphatic heterocycles. The Balaban J connectivity index is 1.08. The first kappa shape index (κ1) is 65.0. The van der Waals surface area contributed by atoms with Gasteiger partial charge in [-0.3, -0.25) is 4.79 Å². The monoisotopic (exact) mass is 1170 g/mol. The van der Waals surface area contributed by atoms with Crippen molar-refractivity contribution in [1.82, 2.24) is 0 Å². The molecule has 0 aromatic rings. The number of fused-ring (bicyclic) bond motifs is 7. The molecular weight excluding hydrogens is 1070 g/mol. The lowest BCUT2D eigenvalue weighted by molar-refractivity contribution is -0.396. The number of aliphatic hydroxyl groups is 10. The molecule has 4 saturated carbocycles. The average molecular weight is 1170 g/mol. The molecule has 3 saturated heterocycles. The third kappa shape index (κ3) is 10.6. The Kier molecular flexibility index (Phi) is 19.0. The number of carbonyl (C=O) groups excluding carboxylic acids is 3. The van der Waals surface area contributed by atoms with Crippen molar-refractivity contribution in [2.75, 3.05) is 13.2 Å². The first-order valence-corrected chi connectivity index (χ1v) is 29.5. The summed E-state index contributed by atoms with van der Waals surface area (Å²) < 4.78 is 55.4. The van der Waals surface area contributed by atoms with E-state index in [1.54, 1.807) is 46.8 Å². The summed E-state index contributed by atoms with van der Waals surface area (Å²) in [4.78, 5) is 39.9. The van der Waals surface area contributed by atoms with Crippen LogP contribution in [0, 0.1) is 50.2 Å². The average Bonchev–Trinajstić information content (AvgIpc) is 2.87. The van der Waals surface area contributed by atoms with Gasteiger partial charge in [0.25, 0.3) is 0 Å². The second-order valence-corrected chi connectivity index (χ2v) is 26.7. The van der Waals surface area contributed by atoms with E-state index in [9.17, 15) is 65.4 Å². The van der Waals surface area contributed by atoms with Crippen LogP contribution in [-0.2, 0) is 57.0 Å². The van der Waals surface area contributed by atoms with Crippen molar-refractivity contribution in [3.05, 3.63) is 34.9 Å². The van der Waals surface area contributed by atoms with Gasteiger partial charge < -0.3 is 93.7 Å². The number of ether oxygens (including phenoxy) is 9. The summed E-state index contributed by atoms with van der Waals surface area (Å²) in [5.74, 6) is -2.59. The van der Waals surface area contributed by atoms with Crippen molar-refractivity contribution in [2.45, 2.75) is 258 Å². The van der Waals surface area contributed by atoms with Crippen LogP contribution in [-0.4, -0.2) is 199 Å². The largest absolute Gasteiger partial charge is 0.459 e. The van der Waals surface area contributed by atoms with Crippen molar-refractivity contribution in [3.63, 3.8) is 0 Å². The third-order valence-corrected chi connectivity index (χ3v) is 22.1. The summed E-state index contributed by atoms with van der Waals surface area (Å²) in [6, 6.07) is 0. The van der Waals surface area contributed by atoms with E-state index in [4.69, 9.17) is 42.6 Å². The van der Waals surface area contributed by atoms with Crippen LogP contribution >= 0.6 is 0 Å². The summed E-state index contributed by atoms with van der Waals surface area (Å²) in [5, 5.41) is 112. The first-order valence-electron chi connectivity index (χ1n) is 29.5. The van der Waals surface area contributed by atoms with Crippen molar-refractivity contribution >= 4 is 17.9 Å². The van der Waals surface area contributed by atoms with E-state index >= 15 is 0 Å². The van der Waals surface area contributed by atoms with Crippen LogP contribution in [0.15, 0.2) is 34.9 Å². The number of allylic oxidation sites excluding steroid dienone is 4. The third-order valence-electron chi connectivity index (χ3n) is 22.1. The molecule has 0 amide bonds. The Labute approximate surface area is 481 Å². The molecule has 22 nitrogen and oxygen atoms in total. The van der Waals surface area contributed by atoms with Crippen LogP contribution in [0.1, 0.15) is 141 Å². The van der Waals surface area contributed by atoms with E-state index in [-0.39, 0.29) is 34.8 Å². The van der Waals surface area contributed by atoms with E-state index in [1.165, 1.54) is 6.92 Å². The van der Waals surface area contributed by atoms with E-state index in [2.05, 4.69) is 40.7 Å². The van der Waals surface area contributed by atoms with Gasteiger partial charge in [-0.2, -0.15) is 0 Å². The summed E-state index contributed by atoms with van der Waals surface area (Å²) in [6.07, 6.45) is -18.4. The van der Waals surface area contributed by atoms with Gasteiger partial charge in [-0.15, -0.1) is 0 Å². The van der Waals surface area contributed by atoms with E-state index in [0.29, 0.717) is 32.1 Å². The van der Waals surface area contributed by atoms with Crippen LogP contribution in [0.25, 0.3) is 0 Å². The van der Waals surface area contributed by atoms with Gasteiger partial charge in [-0.1, -0.05) is 72.3 Å². The summed E-state index contributed by atoms with van der Waals surface area (Å²) in [5.41, 5.74) is -2.80. The maximum atomic E-state index is 13.4. The predicted molar refractivity (Wildman–Crippen MR) is 289 cm³/mol. The minimum Gasteiger partial charge on any atom is -0.459 e. The number of rotatable bonds is 14. The second-order valence-electron chi connectivity index (χ2n) is 26.7. The highest BCUT2D eigenvalue weighted by atomic mass is 16.8. The minimum absolute atomic E-state index is 0.0362. The highest BCUT2D eigenvalue weighted by molar-refractivity contribution is 5.88. The van der Waals surface area contributed by atoms with Crippen molar-refractivity contribution in [3.8, 4) is 0 Å². The highest BCUT2D eigenvalue weighted by Gasteiger charge is 2.74. The van der Waals surface area contributed by atoms with E-state index in [0.717, 1.165) is 18.4 Å². The molecule has 5 aliphatic carbocycles. The van der Waals surface area contributed by atoms with Gasteiger partial charge in [0.05, 0.1) is 36.9 Å². The molecule has 0 unspecified atom stereocenters. The van der Waals surface area contributed by atoms with Crippen molar-refractivity contribution in [2.24, 2.45) is 50.2 Å². The van der Waals surface area contributed by atoms with Crippen molar-refractivity contribution in [1.29, 1.82) is 0 Å². The smallest absolute Gasteiger partial charge is 0.333 e. The van der Waals surface area contributed by atoms with Crippen LogP contribution in [0.5, 0.6) is 0 Å². The van der Waals surface area contributed by atoms with Gasteiger partial charge in [-0.05, 0) is 131 Å². The van der Waals surface area contributed by atoms with Crippen LogP contribution in [0.3, 0.4) is 0 Å². The fourth-order valence-electron chi connectivity index (χ4n) is 16.7. The van der Waals surface area contributed by atoms with Gasteiger partial charge in [0.15, 0.2) is 37.4 Å². The molecule has 10 N–H and O–H groups in total. The summed E-state index contributed by atoms with van der Waals surface area (Å²) >= 11 is 0. The van der Waals surface area contributed by atoms with Crippen LogP contribution < -0.4 is 0 Å². The van der Waals surface area contributed by atoms with Crippen LogP contribution in [0.4, 0.5) is 0 Å². The van der Waals surface area contributed by atoms with Gasteiger partial charge in [0, 0.05) is 18.1 Å². The predicted octanol–water partition coefficient (Wildman–Crippen LogP) is 2.51. The second kappa shape index (κ2) is 23.9. The lowest BCUT2D eigenvalue weighted by Gasteiger charge is -2.73. The maximum Gasteiger partial charge on any atom is 0.333 e. The maximum absolute atomic E-state index is 13.4. The molecule has 0 radical (unpaired) electrons. The van der Waals surface area contributed by atoms with E-state index in [1.807, 2.05) is 13.8 Å². The Morgan fingerprint density at radius 2 is 1.28 bits per heavy atom. The summed E-state index contributed by atoms with van der Waals surface area (Å²) in [6.45, 7) is 23.0. The molecule has 8 rings (SSSR count). The van der Waals surface area contributed by atoms with Crippen molar-refractivity contribution < 1.29 is 108 Å². The van der Waals surface area contributed by atoms with Gasteiger partial charge in [0.1, 0.15) is 61.0 Å². The normalized spacial score (nSPS) is 49.4. The SMILES string of the molecule is CC=C(C)C(=O)O[C@H]1[C@H](O)[C@H](O[C@H]2[C@H](OC(C)=O)[C@]3(CO)[C@H](O)C[C@]4(C)C(=CC[C@@H]5[C@@]6(C)CC[C@H](O[C@@H]7O[C@H](O)[C@@H](O)[C@H](O)[C@H]7O[C@@H]7O[C@H](CO)[C@@H](O)[C@H](O)[C@H]7O)[C@](C)(CC)[C@@H]6CC[C@]54C)[C@@H]3CC2(C)C)O[C@@H](C)[C@H]1OC(=O)C(C)=CC. The zero-order valence-electron chi connectivity index (χ0n) is 49.9. The molecule has 0 aromatic carbocycles. The highest BCUT2D eigenvalue weighted by Crippen LogP contribution is 2.76. The number of hydrogen-bond donors (Lipinski definition) is 10. The lowest BCUT2D eigenvalue weighted by Crippen LogP contribution is -2.73. The quantitative estimate of drug-likeness (QED) is 0.0393. The standard InChI is InChI=1S/C60H94O22/c1-14-27(4)49(71)78-44-29(6)74-53(43(70)45(44)79-50(72)28(5)15-2)81-47-48(75-30(7)63)60(26-62)32(23-55(47,8)9)31-17-18-35-57(11)21-20-37(56(10,16-3)34(57)19-22-58(35,12)59(31,13)24-36(60)64)77-54-46(40(67)41(68)51(73)82-54)80-52-42(69)39(66)38(65)33(25-61)76-52/h14-15,17,29,32-48,51-54,61-62,64-70,73H,16,18-26H2,1-13H3/t29-,32-,33+,34-,35+,36+,37-,38+,39-,40-,41-,42+,43-,44+,45-,46+,47-,48-,51-,52-,53-,54+,56+,57-,58+,59+,60-/m0/s1. The zero-order valence-corrected chi connectivity index (χ0v) is 49.9. The molecule has 0 bridgehead atoms. The molecule has 27 atom stereocenters. The van der Waals surface area contributed by atoms with Gasteiger partial charge >= 0.3 is 17.9 Å². The topological polar surface area (TPSA) is 337 Å². The Morgan fingerprint density at radius 3 is 1.87 bits per heavy atom. The minimum atomic E-state index is -1.88. The van der Waals surface area contributed by atoms with E-state index < -0.39 is 181 Å². The molecule has 8 aliphatic rings. The van der Waals surface area contributed by atoms with Gasteiger partial charge in [0.2, 0.25) is 0 Å². The fourth-order valence-corrected chi connectivity index (χ4v) is 16.7. The molecule has 466 valence electrons. The molecule has 7 fully saturated rings. The number of hydrogen-bond acceptors (Lipinski definition) is 22. The summed E-state index contributed by atoms with van der Waals surface area (Å²) in [7, 11) is 0. The zero-order chi connectivity index (χ0) is 60.7. The van der Waals surface area contributed by atoms with Crippen LogP contribution in [0.2, 0.25) is 0 Å². The lowest BCUT2D eigenvalue weighted by atomic mass is 9.33. The number of aliphatic hydroxyl groups excluding tert-OH is 10. The Hall–Kier alpha value is -3.01. The fraction of sp³-hybridized carbons (Fsp3) is 0.850. The Bertz CT molecular complexity index is 2430. The molecule has 3 heterocycles. The molecular formula is C60H94O22. The molecule has 82 heavy (non-hydrogen) atoms. The number of esters is 3. The van der Waals surface area contributed by atoms with Gasteiger partial charge in [-0.25, -0.2) is 9.59 Å². The molecule has 0 spiro atoms. The first-order chi connectivity index (χ1) is 38.3. The molecule has 22 heteroatoms.